The molecule has 1 heterocycles. The highest BCUT2D eigenvalue weighted by atomic mass is 16.5. The third-order valence-electron chi connectivity index (χ3n) is 4.84. The summed E-state index contributed by atoms with van der Waals surface area (Å²) in [5.41, 5.74) is 3.84. The molecule has 5 nitrogen and oxygen atoms in total. The molecule has 1 aliphatic heterocycles. The molecule has 144 valence electrons. The number of amidine groups is 1. The quantitative estimate of drug-likeness (QED) is 0.688. The lowest BCUT2D eigenvalue weighted by molar-refractivity contribution is 0.0973. The zero-order chi connectivity index (χ0) is 20.2. The van der Waals surface area contributed by atoms with Crippen LogP contribution >= 0.6 is 0 Å². The molecule has 0 aliphatic carbocycles. The summed E-state index contributed by atoms with van der Waals surface area (Å²) < 4.78 is 5.34. The lowest BCUT2D eigenvalue weighted by atomic mass is 9.93. The van der Waals surface area contributed by atoms with Crippen LogP contribution in [-0.4, -0.2) is 24.6 Å². The van der Waals surface area contributed by atoms with E-state index in [9.17, 15) is 4.79 Å². The number of carbonyl (C=O) groups is 1. The van der Waals surface area contributed by atoms with E-state index < -0.39 is 0 Å². The van der Waals surface area contributed by atoms with Gasteiger partial charge in [0.05, 0.1) is 30.0 Å². The van der Waals surface area contributed by atoms with Crippen LogP contribution in [0, 0.1) is 0 Å². The number of hydrogen-bond donors (Lipinski definition) is 1. The van der Waals surface area contributed by atoms with Crippen molar-refractivity contribution in [3.8, 4) is 5.75 Å². The molecule has 0 fully saturated rings. The Morgan fingerprint density at radius 1 is 0.862 bits per heavy atom. The number of hydrogen-bond acceptors (Lipinski definition) is 4. The summed E-state index contributed by atoms with van der Waals surface area (Å²) in [5, 5.41) is 3.02. The molecular weight excluding hydrogens is 362 g/mol. The number of amides is 1. The predicted octanol–water partition coefficient (Wildman–Crippen LogP) is 5.05. The van der Waals surface area contributed by atoms with Gasteiger partial charge in [0.15, 0.2) is 0 Å². The molecule has 1 amide bonds. The second-order valence-electron chi connectivity index (χ2n) is 6.74. The maximum absolute atomic E-state index is 13.1. The van der Waals surface area contributed by atoms with Gasteiger partial charge in [0.2, 0.25) is 0 Å². The van der Waals surface area contributed by atoms with Crippen LogP contribution in [-0.2, 0) is 0 Å². The van der Waals surface area contributed by atoms with Gasteiger partial charge < -0.3 is 10.1 Å². The second kappa shape index (κ2) is 8.10. The van der Waals surface area contributed by atoms with Crippen molar-refractivity contribution in [1.29, 1.82) is 0 Å². The highest BCUT2D eigenvalue weighted by Gasteiger charge is 2.27. The fraction of sp³-hybridized carbons (Fsp3) is 0.125. The molecule has 0 aromatic heterocycles. The van der Waals surface area contributed by atoms with Gasteiger partial charge in [0, 0.05) is 5.71 Å². The number of methoxy groups -OCH3 is 1. The number of ether oxygens (including phenoxy) is 1. The monoisotopic (exact) mass is 383 g/mol. The van der Waals surface area contributed by atoms with E-state index in [4.69, 9.17) is 14.7 Å². The van der Waals surface area contributed by atoms with Crippen LogP contribution in [0.2, 0.25) is 0 Å². The van der Waals surface area contributed by atoms with Gasteiger partial charge in [0.25, 0.3) is 5.91 Å². The average Bonchev–Trinajstić information content (AvgIpc) is 2.89. The van der Waals surface area contributed by atoms with Crippen LogP contribution < -0.4 is 10.1 Å². The second-order valence-corrected chi connectivity index (χ2v) is 6.74. The van der Waals surface area contributed by atoms with Crippen molar-refractivity contribution in [2.45, 2.75) is 12.8 Å². The van der Waals surface area contributed by atoms with Crippen LogP contribution in [0.3, 0.4) is 0 Å². The Morgan fingerprint density at radius 3 is 2.21 bits per heavy atom. The van der Waals surface area contributed by atoms with Crippen molar-refractivity contribution in [2.75, 3.05) is 7.11 Å². The summed E-state index contributed by atoms with van der Waals surface area (Å²) in [6, 6.07) is 24.8. The number of rotatable bonds is 3. The largest absolute Gasteiger partial charge is 0.496 e. The van der Waals surface area contributed by atoms with Crippen molar-refractivity contribution in [1.82, 2.24) is 5.32 Å². The van der Waals surface area contributed by atoms with Crippen LogP contribution in [0.15, 0.2) is 88.8 Å². The molecule has 0 bridgehead atoms. The van der Waals surface area contributed by atoms with Crippen molar-refractivity contribution in [2.24, 2.45) is 9.98 Å². The molecular formula is C24H21N3O2. The van der Waals surface area contributed by atoms with Crippen molar-refractivity contribution in [3.05, 3.63) is 90.0 Å². The van der Waals surface area contributed by atoms with Gasteiger partial charge in [-0.25, -0.2) is 4.99 Å². The number of para-hydroxylation sites is 3. The number of nitrogens with zero attached hydrogens (tertiary/aromatic N) is 2. The SMILES string of the molecule is COc1ccccc1C(=O)NC1=Nc2ccccc2N=C(C)[C@H]1c1ccccc1. The Labute approximate surface area is 169 Å². The fourth-order valence-corrected chi connectivity index (χ4v) is 3.46. The highest BCUT2D eigenvalue weighted by molar-refractivity contribution is 6.19. The molecule has 1 atom stereocenters. The van der Waals surface area contributed by atoms with Gasteiger partial charge in [-0.15, -0.1) is 0 Å². The van der Waals surface area contributed by atoms with E-state index in [-0.39, 0.29) is 11.8 Å². The molecule has 3 aromatic carbocycles. The Bertz CT molecular complexity index is 1100. The molecule has 0 radical (unpaired) electrons. The predicted molar refractivity (Wildman–Crippen MR) is 116 cm³/mol. The average molecular weight is 383 g/mol. The van der Waals surface area contributed by atoms with Crippen molar-refractivity contribution < 1.29 is 9.53 Å². The van der Waals surface area contributed by atoms with Gasteiger partial charge >= 0.3 is 0 Å². The van der Waals surface area contributed by atoms with E-state index in [1.54, 1.807) is 19.2 Å². The lowest BCUT2D eigenvalue weighted by Crippen LogP contribution is -2.37. The highest BCUT2D eigenvalue weighted by Crippen LogP contribution is 2.34. The van der Waals surface area contributed by atoms with E-state index in [0.717, 1.165) is 22.6 Å². The molecule has 1 aliphatic rings. The number of nitrogens with one attached hydrogen (secondary N) is 1. The molecule has 0 saturated heterocycles. The molecule has 5 heteroatoms. The van der Waals surface area contributed by atoms with Gasteiger partial charge in [0.1, 0.15) is 11.6 Å². The first kappa shape index (κ1) is 18.6. The number of aliphatic imine (C=N–C) groups is 2. The van der Waals surface area contributed by atoms with Crippen LogP contribution in [0.25, 0.3) is 0 Å². The van der Waals surface area contributed by atoms with Gasteiger partial charge in [-0.3, -0.25) is 9.79 Å². The first-order chi connectivity index (χ1) is 14.2. The zero-order valence-electron chi connectivity index (χ0n) is 16.3. The summed E-state index contributed by atoms with van der Waals surface area (Å²) in [6.45, 7) is 1.96. The molecule has 0 unspecified atom stereocenters. The van der Waals surface area contributed by atoms with Crippen molar-refractivity contribution >= 4 is 28.8 Å². The molecule has 1 N–H and O–H groups in total. The van der Waals surface area contributed by atoms with E-state index >= 15 is 0 Å². The van der Waals surface area contributed by atoms with E-state index in [0.29, 0.717) is 17.1 Å². The smallest absolute Gasteiger partial charge is 0.260 e. The first-order valence-electron chi connectivity index (χ1n) is 9.39. The topological polar surface area (TPSA) is 63.0 Å². The lowest BCUT2D eigenvalue weighted by Gasteiger charge is -2.20. The fourth-order valence-electron chi connectivity index (χ4n) is 3.46. The van der Waals surface area contributed by atoms with Gasteiger partial charge in [-0.1, -0.05) is 54.6 Å². The number of fused-ring (bicyclic) bond motifs is 1. The van der Waals surface area contributed by atoms with E-state index in [2.05, 4.69) is 5.32 Å². The summed E-state index contributed by atoms with van der Waals surface area (Å²) >= 11 is 0. The minimum absolute atomic E-state index is 0.262. The summed E-state index contributed by atoms with van der Waals surface area (Å²) in [5.74, 6) is 0.524. The summed E-state index contributed by atoms with van der Waals surface area (Å²) in [7, 11) is 1.55. The Balaban J connectivity index is 1.80. The van der Waals surface area contributed by atoms with Gasteiger partial charge in [-0.05, 0) is 36.8 Å². The normalized spacial score (nSPS) is 15.4. The standard InChI is InChI=1S/C24H21N3O2/c1-16-22(17-10-4-3-5-11-17)23(26-20-14-8-7-13-19(20)25-16)27-24(28)18-12-6-9-15-21(18)29-2/h3-15,22H,1-2H3,(H,26,27,28)/t22-/m0/s1. The first-order valence-corrected chi connectivity index (χ1v) is 9.39. The molecule has 4 rings (SSSR count). The third kappa shape index (κ3) is 3.80. The minimum Gasteiger partial charge on any atom is -0.496 e. The Kier molecular flexibility index (Phi) is 5.20. The van der Waals surface area contributed by atoms with E-state index in [1.165, 1.54) is 0 Å². The minimum atomic E-state index is -0.269. The summed E-state index contributed by atoms with van der Waals surface area (Å²) in [4.78, 5) is 22.7. The van der Waals surface area contributed by atoms with E-state index in [1.807, 2.05) is 73.7 Å². The third-order valence-corrected chi connectivity index (χ3v) is 4.84. The Morgan fingerprint density at radius 2 is 1.48 bits per heavy atom. The number of benzene rings is 3. The van der Waals surface area contributed by atoms with Crippen LogP contribution in [0.5, 0.6) is 5.75 Å². The molecule has 0 saturated carbocycles. The van der Waals surface area contributed by atoms with Gasteiger partial charge in [-0.2, -0.15) is 0 Å². The summed E-state index contributed by atoms with van der Waals surface area (Å²) in [6.07, 6.45) is 0. The molecule has 3 aromatic rings. The Hall–Kier alpha value is -3.73. The maximum Gasteiger partial charge on any atom is 0.260 e. The van der Waals surface area contributed by atoms with Crippen LogP contribution in [0.4, 0.5) is 11.4 Å². The molecule has 29 heavy (non-hydrogen) atoms. The van der Waals surface area contributed by atoms with Crippen molar-refractivity contribution in [3.63, 3.8) is 0 Å². The molecule has 0 spiro atoms. The van der Waals surface area contributed by atoms with Crippen LogP contribution in [0.1, 0.15) is 28.8 Å². The maximum atomic E-state index is 13.1. The zero-order valence-corrected chi connectivity index (χ0v) is 16.3. The number of carbonyl (C=O) groups excluding carboxylic acids is 1.